The summed E-state index contributed by atoms with van der Waals surface area (Å²) in [6, 6.07) is 5.75. The molecule has 1 aliphatic rings. The molecule has 0 bridgehead atoms. The first kappa shape index (κ1) is 11.4. The number of hydrogen-bond acceptors (Lipinski definition) is 3. The first-order valence-electron chi connectivity index (χ1n) is 5.67. The van der Waals surface area contributed by atoms with Gasteiger partial charge in [0.1, 0.15) is 11.6 Å². The first-order chi connectivity index (χ1) is 8.22. The number of nitrogens with zero attached hydrogens (tertiary/aromatic N) is 2. The van der Waals surface area contributed by atoms with Gasteiger partial charge in [0.2, 0.25) is 5.91 Å². The summed E-state index contributed by atoms with van der Waals surface area (Å²) in [5.41, 5.74) is 5.92. The van der Waals surface area contributed by atoms with Crippen LogP contribution in [-0.4, -0.2) is 19.0 Å². The lowest BCUT2D eigenvalue weighted by Crippen LogP contribution is -2.41. The zero-order valence-corrected chi connectivity index (χ0v) is 9.52. The molecule has 88 valence electrons. The van der Waals surface area contributed by atoms with Crippen molar-refractivity contribution in [3.8, 4) is 6.07 Å². The van der Waals surface area contributed by atoms with Crippen LogP contribution in [0, 0.1) is 17.2 Å². The number of anilines is 1. The minimum Gasteiger partial charge on any atom is -0.369 e. The summed E-state index contributed by atoms with van der Waals surface area (Å²) in [5.74, 6) is 0.584. The Morgan fingerprint density at radius 1 is 1.53 bits per heavy atom. The molecule has 2 heterocycles. The number of nitrogens with one attached hydrogen (secondary N) is 1. The third-order valence-electron chi connectivity index (χ3n) is 3.17. The normalized spacial score (nSPS) is 16.5. The molecule has 5 heteroatoms. The van der Waals surface area contributed by atoms with Crippen molar-refractivity contribution in [3.05, 3.63) is 23.9 Å². The number of nitriles is 1. The molecule has 2 rings (SSSR count). The average Bonchev–Trinajstić information content (AvgIpc) is 2.39. The largest absolute Gasteiger partial charge is 0.369 e. The highest BCUT2D eigenvalue weighted by molar-refractivity contribution is 5.77. The van der Waals surface area contributed by atoms with E-state index in [0.29, 0.717) is 5.56 Å². The SMILES string of the molecule is N#Cc1ccc[nH+]c1N1CCC(C(N)=O)CC1. The van der Waals surface area contributed by atoms with Gasteiger partial charge >= 0.3 is 0 Å². The third-order valence-corrected chi connectivity index (χ3v) is 3.17. The van der Waals surface area contributed by atoms with Crippen molar-refractivity contribution in [3.63, 3.8) is 0 Å². The van der Waals surface area contributed by atoms with E-state index < -0.39 is 0 Å². The maximum absolute atomic E-state index is 11.1. The lowest BCUT2D eigenvalue weighted by molar-refractivity contribution is -0.364. The Balaban J connectivity index is 2.11. The van der Waals surface area contributed by atoms with E-state index in [2.05, 4.69) is 16.0 Å². The van der Waals surface area contributed by atoms with Crippen molar-refractivity contribution in [1.82, 2.24) is 0 Å². The molecule has 1 aliphatic heterocycles. The Morgan fingerprint density at radius 2 is 2.24 bits per heavy atom. The van der Waals surface area contributed by atoms with E-state index in [4.69, 9.17) is 11.0 Å². The molecule has 0 aromatic carbocycles. The summed E-state index contributed by atoms with van der Waals surface area (Å²) in [5, 5.41) is 9.02. The third kappa shape index (κ3) is 2.36. The quantitative estimate of drug-likeness (QED) is 0.782. The van der Waals surface area contributed by atoms with Crippen molar-refractivity contribution in [2.45, 2.75) is 12.8 Å². The van der Waals surface area contributed by atoms with Crippen LogP contribution >= 0.6 is 0 Å². The van der Waals surface area contributed by atoms with Gasteiger partial charge in [0.25, 0.3) is 5.82 Å². The minimum atomic E-state index is -0.220. The first-order valence-corrected chi connectivity index (χ1v) is 5.67. The maximum Gasteiger partial charge on any atom is 0.292 e. The molecule has 3 N–H and O–H groups in total. The topological polar surface area (TPSA) is 84.3 Å². The molecule has 0 atom stereocenters. The predicted octanol–water partition coefficient (Wildman–Crippen LogP) is 0.0741. The molecule has 17 heavy (non-hydrogen) atoms. The molecule has 1 aromatic heterocycles. The number of aromatic nitrogens is 1. The van der Waals surface area contributed by atoms with Crippen LogP contribution in [0.2, 0.25) is 0 Å². The van der Waals surface area contributed by atoms with Gasteiger partial charge in [0.05, 0.1) is 19.3 Å². The lowest BCUT2D eigenvalue weighted by atomic mass is 9.96. The molecular weight excluding hydrogens is 216 g/mol. The van der Waals surface area contributed by atoms with Gasteiger partial charge in [0.15, 0.2) is 0 Å². The number of carbonyl (C=O) groups excluding carboxylic acids is 1. The molecule has 1 saturated heterocycles. The van der Waals surface area contributed by atoms with E-state index in [1.54, 1.807) is 18.3 Å². The van der Waals surface area contributed by atoms with Crippen LogP contribution in [0.4, 0.5) is 5.82 Å². The van der Waals surface area contributed by atoms with E-state index in [1.807, 2.05) is 0 Å². The van der Waals surface area contributed by atoms with E-state index >= 15 is 0 Å². The van der Waals surface area contributed by atoms with Crippen LogP contribution in [0.15, 0.2) is 18.3 Å². The predicted molar refractivity (Wildman–Crippen MR) is 61.8 cm³/mol. The highest BCUT2D eigenvalue weighted by Gasteiger charge is 2.29. The molecule has 1 aromatic rings. The Labute approximate surface area is 99.9 Å². The van der Waals surface area contributed by atoms with Crippen LogP contribution < -0.4 is 15.6 Å². The van der Waals surface area contributed by atoms with Crippen molar-refractivity contribution < 1.29 is 9.78 Å². The van der Waals surface area contributed by atoms with Crippen LogP contribution in [0.25, 0.3) is 0 Å². The number of rotatable bonds is 2. The van der Waals surface area contributed by atoms with Crippen LogP contribution in [0.1, 0.15) is 18.4 Å². The molecule has 0 spiro atoms. The fourth-order valence-corrected chi connectivity index (χ4v) is 2.17. The Kier molecular flexibility index (Phi) is 3.24. The highest BCUT2D eigenvalue weighted by Crippen LogP contribution is 2.22. The van der Waals surface area contributed by atoms with E-state index in [-0.39, 0.29) is 11.8 Å². The number of aromatic amines is 1. The molecule has 1 fully saturated rings. The summed E-state index contributed by atoms with van der Waals surface area (Å²) in [6.07, 6.45) is 3.31. The van der Waals surface area contributed by atoms with Crippen molar-refractivity contribution in [2.75, 3.05) is 18.0 Å². The molecular formula is C12H15N4O+. The minimum absolute atomic E-state index is 0.0273. The number of hydrogen-bond donors (Lipinski definition) is 1. The van der Waals surface area contributed by atoms with Crippen molar-refractivity contribution in [2.24, 2.45) is 11.7 Å². The van der Waals surface area contributed by atoms with Gasteiger partial charge in [-0.2, -0.15) is 5.26 Å². The summed E-state index contributed by atoms with van der Waals surface area (Å²) in [7, 11) is 0. The summed E-state index contributed by atoms with van der Waals surface area (Å²) < 4.78 is 0. The second-order valence-corrected chi connectivity index (χ2v) is 4.21. The lowest BCUT2D eigenvalue weighted by Gasteiger charge is -2.25. The Morgan fingerprint density at radius 3 is 2.82 bits per heavy atom. The Bertz CT molecular complexity index is 458. The summed E-state index contributed by atoms with van der Waals surface area (Å²) in [6.45, 7) is 1.51. The van der Waals surface area contributed by atoms with Gasteiger partial charge in [-0.05, 0) is 25.0 Å². The second-order valence-electron chi connectivity index (χ2n) is 4.21. The van der Waals surface area contributed by atoms with Crippen LogP contribution in [0.5, 0.6) is 0 Å². The number of H-pyrrole nitrogens is 1. The van der Waals surface area contributed by atoms with E-state index in [9.17, 15) is 4.79 Å². The van der Waals surface area contributed by atoms with Gasteiger partial charge in [-0.3, -0.25) is 9.69 Å². The van der Waals surface area contributed by atoms with Crippen LogP contribution in [-0.2, 0) is 4.79 Å². The number of piperidine rings is 1. The maximum atomic E-state index is 11.1. The fourth-order valence-electron chi connectivity index (χ4n) is 2.17. The van der Waals surface area contributed by atoms with Crippen molar-refractivity contribution >= 4 is 11.7 Å². The highest BCUT2D eigenvalue weighted by atomic mass is 16.1. The molecule has 0 aliphatic carbocycles. The molecule has 5 nitrogen and oxygen atoms in total. The van der Waals surface area contributed by atoms with Crippen LogP contribution in [0.3, 0.4) is 0 Å². The monoisotopic (exact) mass is 231 g/mol. The fraction of sp³-hybridized carbons (Fsp3) is 0.417. The average molecular weight is 231 g/mol. The molecule has 1 amide bonds. The van der Waals surface area contributed by atoms with Gasteiger partial charge in [-0.25, -0.2) is 4.98 Å². The van der Waals surface area contributed by atoms with E-state index in [1.165, 1.54) is 0 Å². The molecule has 0 unspecified atom stereocenters. The van der Waals surface area contributed by atoms with Gasteiger partial charge < -0.3 is 5.73 Å². The number of carbonyl (C=O) groups is 1. The summed E-state index contributed by atoms with van der Waals surface area (Å²) >= 11 is 0. The zero-order valence-electron chi connectivity index (χ0n) is 9.52. The van der Waals surface area contributed by atoms with Gasteiger partial charge in [-0.15, -0.1) is 0 Å². The number of nitrogens with two attached hydrogens (primary N) is 1. The number of pyridine rings is 1. The molecule has 0 radical (unpaired) electrons. The second kappa shape index (κ2) is 4.83. The van der Waals surface area contributed by atoms with Gasteiger partial charge in [0, 0.05) is 5.92 Å². The van der Waals surface area contributed by atoms with Gasteiger partial charge in [-0.1, -0.05) is 0 Å². The number of primary amides is 1. The van der Waals surface area contributed by atoms with E-state index in [0.717, 1.165) is 31.7 Å². The molecule has 0 saturated carbocycles. The van der Waals surface area contributed by atoms with Crippen molar-refractivity contribution in [1.29, 1.82) is 5.26 Å². The zero-order chi connectivity index (χ0) is 12.3. The summed E-state index contributed by atoms with van der Waals surface area (Å²) in [4.78, 5) is 16.2. The Hall–Kier alpha value is -2.09. The smallest absolute Gasteiger partial charge is 0.292 e. The standard InChI is InChI=1S/C12H14N4O/c13-8-10-2-1-5-15-12(10)16-6-3-9(4-7-16)11(14)17/h1-2,5,9H,3-4,6-7H2,(H2,14,17)/p+1. The number of amides is 1.